The summed E-state index contributed by atoms with van der Waals surface area (Å²) in [4.78, 5) is 47.8. The zero-order valence-electron chi connectivity index (χ0n) is 14.3. The number of hydrogen-bond acceptors (Lipinski definition) is 7. The Balaban J connectivity index is 1.80. The average Bonchev–Trinajstić information content (AvgIpc) is 2.63. The van der Waals surface area contributed by atoms with Crippen LogP contribution in [0, 0.1) is 6.92 Å². The largest absolute Gasteiger partial charge is 0.452 e. The van der Waals surface area contributed by atoms with Crippen molar-refractivity contribution in [2.24, 2.45) is 7.05 Å². The van der Waals surface area contributed by atoms with E-state index in [2.05, 4.69) is 0 Å². The smallest absolute Gasteiger partial charge is 0.378 e. The third kappa shape index (κ3) is 5.37. The molecule has 0 aliphatic carbocycles. The lowest BCUT2D eigenvalue weighted by Crippen LogP contribution is -2.43. The van der Waals surface area contributed by atoms with Gasteiger partial charge in [0.05, 0.1) is 0 Å². The van der Waals surface area contributed by atoms with Crippen molar-refractivity contribution in [2.45, 2.75) is 20.0 Å². The summed E-state index contributed by atoms with van der Waals surface area (Å²) < 4.78 is 6.92. The van der Waals surface area contributed by atoms with Crippen molar-refractivity contribution in [2.75, 3.05) is 5.75 Å². The van der Waals surface area contributed by atoms with Gasteiger partial charge in [-0.3, -0.25) is 9.59 Å². The number of hydrogen-bond donors (Lipinski definition) is 0. The van der Waals surface area contributed by atoms with Gasteiger partial charge in [-0.1, -0.05) is 41.1 Å². The first-order valence-corrected chi connectivity index (χ1v) is 10.0. The Bertz CT molecular complexity index is 871. The zero-order chi connectivity index (χ0) is 19.1. The molecule has 2 rings (SSSR count). The van der Waals surface area contributed by atoms with E-state index in [0.717, 1.165) is 27.2 Å². The number of aromatic nitrogens is 2. The van der Waals surface area contributed by atoms with Crippen LogP contribution in [-0.4, -0.2) is 26.1 Å². The Morgan fingerprint density at radius 2 is 1.85 bits per heavy atom. The number of ether oxygens (including phenoxy) is 1. The van der Waals surface area contributed by atoms with E-state index in [4.69, 9.17) is 4.74 Å². The van der Waals surface area contributed by atoms with E-state index in [-0.39, 0.29) is 18.8 Å². The highest BCUT2D eigenvalue weighted by molar-refractivity contribution is 8.82. The predicted molar refractivity (Wildman–Crippen MR) is 103 cm³/mol. The molecule has 1 aromatic heterocycles. The van der Waals surface area contributed by atoms with Crippen molar-refractivity contribution in [3.05, 3.63) is 68.5 Å². The number of benzene rings is 1. The molecule has 26 heavy (non-hydrogen) atoms. The van der Waals surface area contributed by atoms with Crippen molar-refractivity contribution in [1.82, 2.24) is 9.13 Å². The highest BCUT2D eigenvalue weighted by atomic mass is 33.1. The van der Waals surface area contributed by atoms with Gasteiger partial charge in [0.2, 0.25) is 5.91 Å². The summed E-state index contributed by atoms with van der Waals surface area (Å²) in [7, 11) is 3.49. The molecule has 7 nitrogen and oxygen atoms in total. The van der Waals surface area contributed by atoms with Gasteiger partial charge in [0.25, 0.3) is 5.56 Å². The first kappa shape index (κ1) is 20.1. The van der Waals surface area contributed by atoms with E-state index in [9.17, 15) is 19.2 Å². The van der Waals surface area contributed by atoms with Crippen molar-refractivity contribution in [1.29, 1.82) is 0 Å². The molecule has 0 saturated heterocycles. The lowest BCUT2D eigenvalue weighted by molar-refractivity contribution is 0.0898. The van der Waals surface area contributed by atoms with Crippen LogP contribution in [0.5, 0.6) is 0 Å². The fourth-order valence-electron chi connectivity index (χ4n) is 2.11. The third-order valence-corrected chi connectivity index (χ3v) is 5.40. The van der Waals surface area contributed by atoms with Gasteiger partial charge >= 0.3 is 11.0 Å². The van der Waals surface area contributed by atoms with E-state index in [1.807, 2.05) is 30.3 Å². The second-order valence-corrected chi connectivity index (χ2v) is 7.77. The van der Waals surface area contributed by atoms with E-state index in [1.54, 1.807) is 6.92 Å². The van der Waals surface area contributed by atoms with Gasteiger partial charge in [-0.05, 0) is 12.5 Å². The van der Waals surface area contributed by atoms with E-state index in [0.29, 0.717) is 10.1 Å². The molecular formula is C17H18N2O5S2. The highest BCUT2D eigenvalue weighted by Gasteiger charge is 2.15. The molecule has 138 valence electrons. The molecule has 1 heterocycles. The van der Waals surface area contributed by atoms with Gasteiger partial charge in [0.15, 0.2) is 0 Å². The minimum absolute atomic E-state index is 0.0395. The molecule has 0 aliphatic rings. The van der Waals surface area contributed by atoms with Gasteiger partial charge in [-0.15, -0.1) is 0 Å². The SMILES string of the molecule is Cc1cn(C)c(=O)n(C(=O)CCSSC(=O)OCc2ccccc2)c1=O. The van der Waals surface area contributed by atoms with Crippen LogP contribution in [0.4, 0.5) is 4.79 Å². The van der Waals surface area contributed by atoms with Gasteiger partial charge in [0.1, 0.15) is 6.61 Å². The molecule has 0 fully saturated rings. The quantitative estimate of drug-likeness (QED) is 0.423. The maximum Gasteiger partial charge on any atom is 0.378 e. The molecule has 0 radical (unpaired) electrons. The summed E-state index contributed by atoms with van der Waals surface area (Å²) in [5.74, 6) is -0.321. The Labute approximate surface area is 157 Å². The van der Waals surface area contributed by atoms with E-state index < -0.39 is 22.5 Å². The fraction of sp³-hybridized carbons (Fsp3) is 0.294. The van der Waals surface area contributed by atoms with Crippen LogP contribution < -0.4 is 11.2 Å². The first-order valence-electron chi connectivity index (χ1n) is 7.73. The second-order valence-electron chi connectivity index (χ2n) is 5.42. The lowest BCUT2D eigenvalue weighted by atomic mass is 10.2. The Kier molecular flexibility index (Phi) is 7.28. The molecule has 0 bridgehead atoms. The number of aryl methyl sites for hydroxylation is 2. The molecule has 0 spiro atoms. The van der Waals surface area contributed by atoms with Crippen LogP contribution in [0.3, 0.4) is 0 Å². The van der Waals surface area contributed by atoms with E-state index in [1.165, 1.54) is 17.8 Å². The molecule has 0 unspecified atom stereocenters. The van der Waals surface area contributed by atoms with Crippen LogP contribution in [0.2, 0.25) is 0 Å². The molecule has 9 heteroatoms. The molecule has 0 aliphatic heterocycles. The van der Waals surface area contributed by atoms with Crippen LogP contribution in [0.25, 0.3) is 0 Å². The summed E-state index contributed by atoms with van der Waals surface area (Å²) in [5.41, 5.74) is -0.0909. The normalized spacial score (nSPS) is 10.5. The topological polar surface area (TPSA) is 87.4 Å². The maximum absolute atomic E-state index is 12.2. The van der Waals surface area contributed by atoms with Crippen LogP contribution in [0.1, 0.15) is 22.3 Å². The summed E-state index contributed by atoms with van der Waals surface area (Å²) in [6, 6.07) is 9.29. The van der Waals surface area contributed by atoms with Crippen molar-refractivity contribution >= 4 is 32.8 Å². The summed E-state index contributed by atoms with van der Waals surface area (Å²) in [5, 5.41) is -0.463. The molecule has 1 aromatic carbocycles. The minimum atomic E-state index is -0.675. The molecule has 2 aromatic rings. The first-order chi connectivity index (χ1) is 12.4. The van der Waals surface area contributed by atoms with Crippen molar-refractivity contribution < 1.29 is 14.3 Å². The Morgan fingerprint density at radius 1 is 1.15 bits per heavy atom. The van der Waals surface area contributed by atoms with Crippen LogP contribution in [0.15, 0.2) is 46.1 Å². The average molecular weight is 394 g/mol. The molecular weight excluding hydrogens is 376 g/mol. The van der Waals surface area contributed by atoms with Gasteiger partial charge in [0, 0.05) is 41.8 Å². The van der Waals surface area contributed by atoms with E-state index >= 15 is 0 Å². The lowest BCUT2D eigenvalue weighted by Gasteiger charge is -2.07. The van der Waals surface area contributed by atoms with Crippen LogP contribution in [-0.2, 0) is 18.4 Å². The number of carbonyl (C=O) groups is 2. The summed E-state index contributed by atoms with van der Waals surface area (Å²) >= 11 is 0. The standard InChI is InChI=1S/C17H18N2O5S2/c1-12-10-18(2)16(22)19(15(12)21)14(20)8-9-25-26-17(23)24-11-13-6-4-3-5-7-13/h3-7,10H,8-9,11H2,1-2H3. The number of carbonyl (C=O) groups excluding carboxylic acids is 2. The molecule has 0 atom stereocenters. The molecule has 0 amide bonds. The predicted octanol–water partition coefficient (Wildman–Crippen LogP) is 2.60. The maximum atomic E-state index is 12.2. The zero-order valence-corrected chi connectivity index (χ0v) is 16.0. The van der Waals surface area contributed by atoms with Gasteiger partial charge in [-0.2, -0.15) is 4.57 Å². The van der Waals surface area contributed by atoms with Gasteiger partial charge in [-0.25, -0.2) is 9.59 Å². The molecule has 0 saturated carbocycles. The van der Waals surface area contributed by atoms with Crippen molar-refractivity contribution in [3.63, 3.8) is 0 Å². The number of rotatable bonds is 6. The molecule has 0 N–H and O–H groups in total. The monoisotopic (exact) mass is 394 g/mol. The summed E-state index contributed by atoms with van der Waals surface area (Å²) in [6.07, 6.45) is 1.35. The van der Waals surface area contributed by atoms with Crippen LogP contribution >= 0.6 is 21.6 Å². The highest BCUT2D eigenvalue weighted by Crippen LogP contribution is 2.24. The Hall–Kier alpha value is -2.26. The second kappa shape index (κ2) is 9.44. The van der Waals surface area contributed by atoms with Crippen molar-refractivity contribution in [3.8, 4) is 0 Å². The third-order valence-electron chi connectivity index (χ3n) is 3.40. The van der Waals surface area contributed by atoms with Gasteiger partial charge < -0.3 is 9.30 Å². The minimum Gasteiger partial charge on any atom is -0.452 e. The Morgan fingerprint density at radius 3 is 2.54 bits per heavy atom. The fourth-order valence-corrected chi connectivity index (χ4v) is 3.59. The number of nitrogens with zero attached hydrogens (tertiary/aromatic N) is 2. The summed E-state index contributed by atoms with van der Waals surface area (Å²) in [6.45, 7) is 1.72.